The van der Waals surface area contributed by atoms with E-state index in [9.17, 15) is 48.5 Å². The van der Waals surface area contributed by atoms with Crippen LogP contribution in [0.1, 0.15) is 63.0 Å². The summed E-state index contributed by atoms with van der Waals surface area (Å²) in [6.45, 7) is 7.83. The Hall–Kier alpha value is -6.81. The largest absolute Gasteiger partial charge is 0.480 e. The molecule has 18 N–H and O–H groups in total. The van der Waals surface area contributed by atoms with Crippen LogP contribution in [-0.4, -0.2) is 135 Å². The van der Waals surface area contributed by atoms with Crippen LogP contribution in [0.2, 0.25) is 5.02 Å². The van der Waals surface area contributed by atoms with Gasteiger partial charge in [-0.25, -0.2) is 4.79 Å². The van der Waals surface area contributed by atoms with Crippen LogP contribution in [0.5, 0.6) is 0 Å². The number of carboxylic acid groups (broad SMARTS) is 5. The summed E-state index contributed by atoms with van der Waals surface area (Å²) in [5, 5.41) is 62.8. The molecule has 1 aromatic heterocycles. The number of hydrogen-bond acceptors (Lipinski definition) is 17. The highest BCUT2D eigenvalue weighted by Crippen LogP contribution is 2.16. The summed E-state index contributed by atoms with van der Waals surface area (Å²) >= 11 is 7.51. The zero-order valence-corrected chi connectivity index (χ0v) is 41.9. The summed E-state index contributed by atoms with van der Waals surface area (Å²) in [5.74, 6) is -5.74. The first-order valence-corrected chi connectivity index (χ1v) is 23.2. The van der Waals surface area contributed by atoms with Crippen LogP contribution in [0.4, 0.5) is 10.5 Å². The number of non-ortho nitro benzene ring substituents is 1. The summed E-state index contributed by atoms with van der Waals surface area (Å²) in [6, 6.07) is 12.2. The Balaban J connectivity index is 0. The number of nitrogens with two attached hydrogens (primary N) is 5. The summed E-state index contributed by atoms with van der Waals surface area (Å²) in [7, 11) is 0. The third-order valence-corrected chi connectivity index (χ3v) is 10.3. The molecule has 402 valence electrons. The first-order valence-electron chi connectivity index (χ1n) is 22.0. The van der Waals surface area contributed by atoms with E-state index in [1.165, 1.54) is 35.6 Å². The number of carbonyl (C=O) groups excluding carboxylic acids is 3. The molecule has 1 heterocycles. The maximum absolute atomic E-state index is 11.4. The van der Waals surface area contributed by atoms with Gasteiger partial charge in [-0.2, -0.15) is 0 Å². The summed E-state index contributed by atoms with van der Waals surface area (Å²) in [5.41, 5.74) is 27.9. The monoisotopic (exact) mass is 1060 g/mol. The molecule has 0 aliphatic heterocycles. The van der Waals surface area contributed by atoms with Crippen molar-refractivity contribution in [3.8, 4) is 0 Å². The van der Waals surface area contributed by atoms with Crippen molar-refractivity contribution >= 4 is 76.4 Å². The fourth-order valence-corrected chi connectivity index (χ4v) is 5.65. The van der Waals surface area contributed by atoms with Gasteiger partial charge in [-0.3, -0.25) is 43.7 Å². The van der Waals surface area contributed by atoms with Crippen LogP contribution < -0.4 is 44.6 Å². The number of nitro benzene ring substituents is 1. The second kappa shape index (κ2) is 37.9. The van der Waals surface area contributed by atoms with Gasteiger partial charge < -0.3 is 74.9 Å². The fraction of sp³-hybridized carbons (Fsp3) is 0.467. The number of amides is 3. The number of carboxylic acids is 5. The smallest absolute Gasteiger partial charge is 0.407 e. The van der Waals surface area contributed by atoms with Crippen molar-refractivity contribution in [3.05, 3.63) is 97.2 Å². The normalized spacial score (nSPS) is 12.3. The minimum absolute atomic E-state index is 0.0215. The molecule has 3 aromatic rings. The Bertz CT molecular complexity index is 2130. The van der Waals surface area contributed by atoms with Gasteiger partial charge in [0.15, 0.2) is 0 Å². The van der Waals surface area contributed by atoms with Crippen molar-refractivity contribution < 1.29 is 73.5 Å². The van der Waals surface area contributed by atoms with E-state index in [0.29, 0.717) is 49.4 Å². The van der Waals surface area contributed by atoms with E-state index in [1.54, 1.807) is 33.8 Å². The maximum Gasteiger partial charge on any atom is 0.407 e. The average molecular weight is 1060 g/mol. The lowest BCUT2D eigenvalue weighted by atomic mass is 10.1. The molecule has 0 aliphatic rings. The number of alkyl carbamates (subject to hydrolysis) is 1. The second-order valence-corrected chi connectivity index (χ2v) is 17.3. The number of hydrogen-bond donors (Lipinski definition) is 13. The number of thiophene rings is 1. The van der Waals surface area contributed by atoms with E-state index in [2.05, 4.69) is 16.0 Å². The van der Waals surface area contributed by atoms with Gasteiger partial charge in [0.25, 0.3) is 5.69 Å². The van der Waals surface area contributed by atoms with E-state index in [4.69, 9.17) is 70.5 Å². The number of nitrogens with zero attached hydrogens (tertiary/aromatic N) is 1. The van der Waals surface area contributed by atoms with Crippen molar-refractivity contribution in [3.63, 3.8) is 0 Å². The Morgan fingerprint density at radius 1 is 0.639 bits per heavy atom. The number of halogens is 1. The molecule has 5 atom stereocenters. The minimum atomic E-state index is -1.11. The first-order chi connectivity index (χ1) is 33.6. The van der Waals surface area contributed by atoms with Crippen molar-refractivity contribution in [2.75, 3.05) is 26.2 Å². The molecule has 0 saturated heterocycles. The molecule has 25 nitrogen and oxygen atoms in total. The standard InChI is InChI=1S/C14H19ClN2O4.C9H10N2O4.C8H16N2O3.C7H14N2O3.C7H9NO2S/c15-11-5-2-1-4-10(11)7-9-21-14(20)17-8-3-6-12(16)13(18)19;10-8(9(12)13)5-6-1-3-7(4-2-6)11(14)15;1-5(2)7(11)10-4-3-6(9)8(12)13;1-4(2)6(10)9-3-5(8)7(11)12;8-6(7(9)10)4-5-2-1-3-11-5/h1-2,4-5,12H,3,6-9,16H2,(H,17,20)(H,18,19);1-4,8H,5,10H2,(H,12,13);5-6H,3-4,9H2,1-2H3,(H,10,11)(H,12,13);4-5H,3,8H2,1-2H3,(H,9,10)(H,11,12);1-3,6H,4,8H2,(H,9,10)/t;;;;6-/m....0/s1. The van der Waals surface area contributed by atoms with Crippen molar-refractivity contribution in [1.82, 2.24) is 16.0 Å². The summed E-state index contributed by atoms with van der Waals surface area (Å²) in [4.78, 5) is 95.8. The number of ether oxygens (including phenoxy) is 1. The molecule has 0 radical (unpaired) electrons. The Kier molecular flexibility index (Phi) is 35.4. The Labute approximate surface area is 424 Å². The van der Waals surface area contributed by atoms with E-state index >= 15 is 0 Å². The molecule has 72 heavy (non-hydrogen) atoms. The lowest BCUT2D eigenvalue weighted by Crippen LogP contribution is -2.43. The molecular weight excluding hydrogens is 990 g/mol. The van der Waals surface area contributed by atoms with E-state index in [1.807, 2.05) is 35.7 Å². The Morgan fingerprint density at radius 3 is 1.61 bits per heavy atom. The molecule has 0 bridgehead atoms. The number of nitro groups is 1. The third kappa shape index (κ3) is 33.7. The molecule has 3 amide bonds. The fourth-order valence-electron chi connectivity index (χ4n) is 4.65. The van der Waals surface area contributed by atoms with Crippen LogP contribution in [-0.2, 0) is 57.6 Å². The number of aliphatic carboxylic acids is 5. The van der Waals surface area contributed by atoms with Crippen molar-refractivity contribution in [1.29, 1.82) is 0 Å². The van der Waals surface area contributed by atoms with Crippen molar-refractivity contribution in [2.45, 2.75) is 96.4 Å². The first kappa shape index (κ1) is 67.3. The van der Waals surface area contributed by atoms with Gasteiger partial charge in [0, 0.05) is 66.3 Å². The molecule has 0 saturated carbocycles. The van der Waals surface area contributed by atoms with E-state index in [-0.39, 0.29) is 55.3 Å². The predicted molar refractivity (Wildman–Crippen MR) is 267 cm³/mol. The van der Waals surface area contributed by atoms with E-state index < -0.39 is 71.1 Å². The van der Waals surface area contributed by atoms with Gasteiger partial charge in [0.1, 0.15) is 30.2 Å². The number of nitrogens with one attached hydrogen (secondary N) is 3. The third-order valence-electron chi connectivity index (χ3n) is 9.01. The average Bonchev–Trinajstić information content (AvgIpc) is 3.83. The summed E-state index contributed by atoms with van der Waals surface area (Å²) in [6.07, 6.45) is 1.62. The second-order valence-electron chi connectivity index (χ2n) is 15.8. The van der Waals surface area contributed by atoms with Gasteiger partial charge in [0.05, 0.1) is 11.5 Å². The molecular formula is C45H68ClN9O16S. The zero-order chi connectivity index (χ0) is 55.5. The van der Waals surface area contributed by atoms with Crippen LogP contribution >= 0.6 is 22.9 Å². The minimum Gasteiger partial charge on any atom is -0.480 e. The highest BCUT2D eigenvalue weighted by molar-refractivity contribution is 7.09. The Morgan fingerprint density at radius 2 is 1.14 bits per heavy atom. The van der Waals surface area contributed by atoms with E-state index in [0.717, 1.165) is 10.4 Å². The van der Waals surface area contributed by atoms with Gasteiger partial charge in [-0.15, -0.1) is 11.3 Å². The van der Waals surface area contributed by atoms with Crippen LogP contribution in [0.15, 0.2) is 66.0 Å². The summed E-state index contributed by atoms with van der Waals surface area (Å²) < 4.78 is 5.00. The van der Waals surface area contributed by atoms with Gasteiger partial charge in [-0.05, 0) is 54.3 Å². The number of benzene rings is 2. The highest BCUT2D eigenvalue weighted by Gasteiger charge is 2.16. The molecule has 4 unspecified atom stereocenters. The highest BCUT2D eigenvalue weighted by atomic mass is 35.5. The molecule has 2 aromatic carbocycles. The van der Waals surface area contributed by atoms with Crippen molar-refractivity contribution in [2.24, 2.45) is 40.5 Å². The molecule has 0 aliphatic carbocycles. The molecule has 0 fully saturated rings. The lowest BCUT2D eigenvalue weighted by Gasteiger charge is -2.09. The van der Waals surface area contributed by atoms with Gasteiger partial charge in [-0.1, -0.05) is 75.7 Å². The SMILES string of the molecule is CC(C)C(=O)NCC(N)C(=O)O.CC(C)C(=O)NCCC(N)C(=O)O.NC(CCCNC(=O)OCCc1ccccc1Cl)C(=O)O.NC(Cc1ccc([N+](=O)[O-])cc1)C(=O)O.N[C@@H](Cc1cccs1)C(=O)O. The van der Waals surface area contributed by atoms with Gasteiger partial charge in [0.2, 0.25) is 11.8 Å². The topological polar surface area (TPSA) is 456 Å². The van der Waals surface area contributed by atoms with Gasteiger partial charge >= 0.3 is 35.9 Å². The zero-order valence-electron chi connectivity index (χ0n) is 40.3. The predicted octanol–water partition coefficient (Wildman–Crippen LogP) is 1.78. The molecule has 0 spiro atoms. The maximum atomic E-state index is 11.4. The quantitative estimate of drug-likeness (QED) is 0.0345. The number of rotatable bonds is 24. The molecule has 27 heteroatoms. The number of carbonyl (C=O) groups is 8. The lowest BCUT2D eigenvalue weighted by molar-refractivity contribution is -0.384. The van der Waals surface area contributed by atoms with Crippen LogP contribution in [0.25, 0.3) is 0 Å². The molecule has 3 rings (SSSR count). The van der Waals surface area contributed by atoms with Crippen LogP contribution in [0, 0.1) is 22.0 Å². The van der Waals surface area contributed by atoms with Crippen LogP contribution in [0.3, 0.4) is 0 Å².